The van der Waals surface area contributed by atoms with Crippen molar-refractivity contribution in [1.29, 1.82) is 0 Å². The van der Waals surface area contributed by atoms with Crippen LogP contribution in [0.1, 0.15) is 20.9 Å². The van der Waals surface area contributed by atoms with Gasteiger partial charge in [0.2, 0.25) is 0 Å². The maximum atomic E-state index is 13.0. The molecule has 1 aliphatic heterocycles. The molecule has 1 aromatic carbocycles. The Morgan fingerprint density at radius 1 is 1.30 bits per heavy atom. The lowest BCUT2D eigenvalue weighted by atomic mass is 10.2. The molecule has 4 rings (SSSR count). The number of hydrogen-bond acceptors (Lipinski definition) is 5. The number of nitrogens with one attached hydrogen (secondary N) is 2. The second kappa shape index (κ2) is 7.72. The van der Waals surface area contributed by atoms with Gasteiger partial charge in [-0.1, -0.05) is 0 Å². The Morgan fingerprint density at radius 3 is 2.74 bits per heavy atom. The number of morpholine rings is 1. The summed E-state index contributed by atoms with van der Waals surface area (Å²) in [5.41, 5.74) is 3.47. The van der Waals surface area contributed by atoms with E-state index >= 15 is 0 Å². The third-order valence-electron chi connectivity index (χ3n) is 4.75. The summed E-state index contributed by atoms with van der Waals surface area (Å²) >= 11 is 1.73. The molecule has 1 saturated heterocycles. The number of fused-ring (bicyclic) bond motifs is 1. The highest BCUT2D eigenvalue weighted by atomic mass is 32.1. The summed E-state index contributed by atoms with van der Waals surface area (Å²) < 4.78 is 11.8. The number of aromatic amines is 1. The van der Waals surface area contributed by atoms with Gasteiger partial charge in [0.15, 0.2) is 0 Å². The molecule has 1 fully saturated rings. The molecule has 1 amide bonds. The van der Waals surface area contributed by atoms with Gasteiger partial charge in [0.1, 0.15) is 11.4 Å². The van der Waals surface area contributed by atoms with E-state index in [9.17, 15) is 4.79 Å². The van der Waals surface area contributed by atoms with Crippen LogP contribution in [0.3, 0.4) is 0 Å². The Balaban J connectivity index is 1.61. The van der Waals surface area contributed by atoms with Crippen LogP contribution in [0.15, 0.2) is 30.3 Å². The van der Waals surface area contributed by atoms with E-state index in [2.05, 4.69) is 28.2 Å². The molecule has 142 valence electrons. The quantitative estimate of drug-likeness (QED) is 0.704. The molecule has 3 aromatic rings. The van der Waals surface area contributed by atoms with E-state index in [1.807, 2.05) is 24.3 Å². The van der Waals surface area contributed by atoms with Gasteiger partial charge in [-0.3, -0.25) is 9.69 Å². The number of hydrogen-bond donors (Lipinski definition) is 2. The van der Waals surface area contributed by atoms with Gasteiger partial charge in [-0.05, 0) is 37.3 Å². The average Bonchev–Trinajstić information content (AvgIpc) is 3.20. The Hall–Kier alpha value is -2.35. The van der Waals surface area contributed by atoms with Crippen molar-refractivity contribution in [3.63, 3.8) is 0 Å². The minimum absolute atomic E-state index is 0.121. The van der Waals surface area contributed by atoms with Gasteiger partial charge in [-0.2, -0.15) is 0 Å². The van der Waals surface area contributed by atoms with Crippen LogP contribution in [-0.4, -0.2) is 49.2 Å². The van der Waals surface area contributed by atoms with Crippen LogP contribution in [0.2, 0.25) is 0 Å². The predicted molar refractivity (Wildman–Crippen MR) is 108 cm³/mol. The monoisotopic (exact) mass is 385 g/mol. The number of rotatable bonds is 5. The van der Waals surface area contributed by atoms with E-state index in [-0.39, 0.29) is 5.91 Å². The number of thiophene rings is 1. The summed E-state index contributed by atoms with van der Waals surface area (Å²) in [7, 11) is 1.62. The van der Waals surface area contributed by atoms with Crippen LogP contribution >= 0.6 is 11.3 Å². The summed E-state index contributed by atoms with van der Waals surface area (Å²) in [4.78, 5) is 19.9. The number of H-pyrrole nitrogens is 1. The number of carbonyl (C=O) groups is 1. The van der Waals surface area contributed by atoms with E-state index < -0.39 is 0 Å². The van der Waals surface area contributed by atoms with Crippen molar-refractivity contribution in [1.82, 2.24) is 9.88 Å². The first kappa shape index (κ1) is 18.0. The summed E-state index contributed by atoms with van der Waals surface area (Å²) in [5, 5.41) is 2.99. The van der Waals surface area contributed by atoms with Crippen LogP contribution in [0.25, 0.3) is 10.2 Å². The first-order chi connectivity index (χ1) is 13.1. The number of methoxy groups -OCH3 is 1. The van der Waals surface area contributed by atoms with Crippen LogP contribution in [0, 0.1) is 6.92 Å². The second-order valence-electron chi connectivity index (χ2n) is 6.65. The number of amides is 1. The van der Waals surface area contributed by atoms with Crippen LogP contribution in [0.4, 0.5) is 5.69 Å². The van der Waals surface area contributed by atoms with Gasteiger partial charge >= 0.3 is 0 Å². The topological polar surface area (TPSA) is 66.6 Å². The lowest BCUT2D eigenvalue weighted by molar-refractivity contribution is 0.0343. The van der Waals surface area contributed by atoms with E-state index in [1.165, 1.54) is 9.58 Å². The highest BCUT2D eigenvalue weighted by Gasteiger charge is 2.22. The largest absolute Gasteiger partial charge is 0.497 e. The number of benzene rings is 1. The smallest absolute Gasteiger partial charge is 0.272 e. The molecule has 27 heavy (non-hydrogen) atoms. The molecular formula is C20H23N3O3S. The molecule has 0 unspecified atom stereocenters. The van der Waals surface area contributed by atoms with Crippen molar-refractivity contribution in [2.24, 2.45) is 0 Å². The van der Waals surface area contributed by atoms with Gasteiger partial charge in [-0.25, -0.2) is 0 Å². The highest BCUT2D eigenvalue weighted by Crippen LogP contribution is 2.32. The molecule has 6 nitrogen and oxygen atoms in total. The maximum Gasteiger partial charge on any atom is 0.272 e. The van der Waals surface area contributed by atoms with Gasteiger partial charge in [0.25, 0.3) is 5.91 Å². The molecule has 0 spiro atoms. The van der Waals surface area contributed by atoms with Crippen molar-refractivity contribution in [3.8, 4) is 5.75 Å². The van der Waals surface area contributed by atoms with Crippen molar-refractivity contribution in [2.45, 2.75) is 13.5 Å². The minimum Gasteiger partial charge on any atom is -0.497 e. The molecule has 2 aromatic heterocycles. The summed E-state index contributed by atoms with van der Waals surface area (Å²) in [6.07, 6.45) is 0. The molecule has 0 bridgehead atoms. The fourth-order valence-corrected chi connectivity index (χ4v) is 4.36. The number of aromatic nitrogens is 1. The number of anilines is 1. The third-order valence-corrected chi connectivity index (χ3v) is 5.86. The van der Waals surface area contributed by atoms with Crippen molar-refractivity contribution < 1.29 is 14.3 Å². The first-order valence-electron chi connectivity index (χ1n) is 9.00. The molecule has 0 aliphatic carbocycles. The van der Waals surface area contributed by atoms with Gasteiger partial charge in [0, 0.05) is 35.8 Å². The third kappa shape index (κ3) is 3.85. The summed E-state index contributed by atoms with van der Waals surface area (Å²) in [5.74, 6) is 0.640. The molecule has 7 heteroatoms. The SMILES string of the molecule is COc1ccc(NC(=O)c2[nH]c3cc(C)sc3c2CN2CCOCC2)cc1. The standard InChI is InChI=1S/C20H23N3O3S/c1-13-11-17-19(27-13)16(12-23-7-9-26-10-8-23)18(22-17)20(24)21-14-3-5-15(25-2)6-4-14/h3-6,11,22H,7-10,12H2,1-2H3,(H,21,24). The Bertz CT molecular complexity index is 939. The molecule has 3 heterocycles. The highest BCUT2D eigenvalue weighted by molar-refractivity contribution is 7.19. The molecular weight excluding hydrogens is 362 g/mol. The van der Waals surface area contributed by atoms with E-state index in [0.717, 1.165) is 55.4 Å². The number of ether oxygens (including phenoxy) is 2. The molecule has 1 aliphatic rings. The van der Waals surface area contributed by atoms with Crippen molar-refractivity contribution in [3.05, 3.63) is 46.5 Å². The molecule has 2 N–H and O–H groups in total. The fraction of sp³-hybridized carbons (Fsp3) is 0.350. The fourth-order valence-electron chi connectivity index (χ4n) is 3.35. The zero-order valence-electron chi connectivity index (χ0n) is 15.5. The van der Waals surface area contributed by atoms with E-state index in [4.69, 9.17) is 9.47 Å². The zero-order chi connectivity index (χ0) is 18.8. The van der Waals surface area contributed by atoms with Gasteiger partial charge < -0.3 is 19.8 Å². The van der Waals surface area contributed by atoms with Crippen molar-refractivity contribution in [2.75, 3.05) is 38.7 Å². The number of nitrogens with zero attached hydrogens (tertiary/aromatic N) is 1. The number of carbonyl (C=O) groups excluding carboxylic acids is 1. The lowest BCUT2D eigenvalue weighted by Crippen LogP contribution is -2.36. The van der Waals surface area contributed by atoms with E-state index in [0.29, 0.717) is 5.69 Å². The van der Waals surface area contributed by atoms with E-state index in [1.54, 1.807) is 18.4 Å². The molecule has 0 saturated carbocycles. The molecule has 0 radical (unpaired) electrons. The minimum atomic E-state index is -0.121. The van der Waals surface area contributed by atoms with Gasteiger partial charge in [0.05, 0.1) is 30.5 Å². The average molecular weight is 385 g/mol. The summed E-state index contributed by atoms with van der Waals surface area (Å²) in [6, 6.07) is 9.45. The molecule has 0 atom stereocenters. The Kier molecular flexibility index (Phi) is 5.15. The second-order valence-corrected chi connectivity index (χ2v) is 7.91. The van der Waals surface area contributed by atoms with Crippen LogP contribution in [0.5, 0.6) is 5.75 Å². The zero-order valence-corrected chi connectivity index (χ0v) is 16.3. The van der Waals surface area contributed by atoms with Crippen molar-refractivity contribution >= 4 is 33.1 Å². The predicted octanol–water partition coefficient (Wildman–Crippen LogP) is 3.63. The maximum absolute atomic E-state index is 13.0. The number of aryl methyl sites for hydroxylation is 1. The van der Waals surface area contributed by atoms with Crippen LogP contribution < -0.4 is 10.1 Å². The van der Waals surface area contributed by atoms with Crippen LogP contribution in [-0.2, 0) is 11.3 Å². The normalized spacial score (nSPS) is 15.2. The lowest BCUT2D eigenvalue weighted by Gasteiger charge is -2.26. The summed E-state index contributed by atoms with van der Waals surface area (Å²) in [6.45, 7) is 6.09. The first-order valence-corrected chi connectivity index (χ1v) is 9.82. The van der Waals surface area contributed by atoms with Gasteiger partial charge in [-0.15, -0.1) is 11.3 Å². The Morgan fingerprint density at radius 2 is 2.04 bits per heavy atom. The Labute approximate surface area is 162 Å².